The molecule has 13 heavy (non-hydrogen) atoms. The molecule has 0 bridgehead atoms. The zero-order valence-electron chi connectivity index (χ0n) is 7.01. The Morgan fingerprint density at radius 1 is 1.77 bits per heavy atom. The molecule has 0 saturated carbocycles. The van der Waals surface area contributed by atoms with Crippen LogP contribution in [0.2, 0.25) is 0 Å². The minimum atomic E-state index is -0.0540. The number of nitrogens with two attached hydrogens (primary N) is 1. The van der Waals surface area contributed by atoms with Gasteiger partial charge in [-0.1, -0.05) is 0 Å². The quantitative estimate of drug-likeness (QED) is 0.673. The Morgan fingerprint density at radius 2 is 2.62 bits per heavy atom. The smallest absolute Gasteiger partial charge is 0.275 e. The molecular weight excluding hydrogens is 188 g/mol. The summed E-state index contributed by atoms with van der Waals surface area (Å²) in [5.41, 5.74) is 6.12. The summed E-state index contributed by atoms with van der Waals surface area (Å²) in [5.74, 6) is -0.0540. The third-order valence-corrected chi connectivity index (χ3v) is 2.57. The van der Waals surface area contributed by atoms with Gasteiger partial charge in [0.1, 0.15) is 0 Å². The monoisotopic (exact) mass is 198 g/mol. The first kappa shape index (κ1) is 8.58. The maximum Gasteiger partial charge on any atom is 0.275 e. The lowest BCUT2D eigenvalue weighted by atomic mass is 10.3. The van der Waals surface area contributed by atoms with Gasteiger partial charge in [-0.05, 0) is 6.42 Å². The fourth-order valence-corrected chi connectivity index (χ4v) is 1.80. The highest BCUT2D eigenvalue weighted by atomic mass is 32.1. The number of carbonyl (C=O) groups excluding carboxylic acids is 1. The molecule has 0 aromatic carbocycles. The average Bonchev–Trinajstić information content (AvgIpc) is 2.72. The van der Waals surface area contributed by atoms with Crippen molar-refractivity contribution in [2.75, 3.05) is 13.1 Å². The van der Waals surface area contributed by atoms with Gasteiger partial charge in [-0.15, -0.1) is 0 Å². The van der Waals surface area contributed by atoms with E-state index in [4.69, 9.17) is 5.73 Å². The van der Waals surface area contributed by atoms with E-state index in [1.54, 1.807) is 4.90 Å². The third kappa shape index (κ3) is 1.68. The molecular formula is C7H10N4OS. The number of aromatic nitrogens is 2. The summed E-state index contributed by atoms with van der Waals surface area (Å²) in [5, 5.41) is 0. The van der Waals surface area contributed by atoms with Crippen molar-refractivity contribution in [3.8, 4) is 0 Å². The summed E-state index contributed by atoms with van der Waals surface area (Å²) in [7, 11) is 0. The summed E-state index contributed by atoms with van der Waals surface area (Å²) in [6, 6.07) is 0.121. The first-order valence-corrected chi connectivity index (χ1v) is 4.83. The zero-order chi connectivity index (χ0) is 9.26. The van der Waals surface area contributed by atoms with E-state index in [9.17, 15) is 4.79 Å². The second kappa shape index (κ2) is 3.39. The van der Waals surface area contributed by atoms with Gasteiger partial charge >= 0.3 is 0 Å². The van der Waals surface area contributed by atoms with Gasteiger partial charge in [0, 0.05) is 19.1 Å². The molecule has 1 aromatic heterocycles. The minimum Gasteiger partial charge on any atom is -0.336 e. The topological polar surface area (TPSA) is 72.1 Å². The van der Waals surface area contributed by atoms with Crippen LogP contribution in [0.4, 0.5) is 0 Å². The second-order valence-corrected chi connectivity index (χ2v) is 3.65. The predicted octanol–water partition coefficient (Wildman–Crippen LogP) is -0.289. The van der Waals surface area contributed by atoms with E-state index >= 15 is 0 Å². The molecule has 6 heteroatoms. The van der Waals surface area contributed by atoms with Crippen LogP contribution in [0.5, 0.6) is 0 Å². The molecule has 0 spiro atoms. The van der Waals surface area contributed by atoms with E-state index in [1.807, 2.05) is 0 Å². The molecule has 1 aliphatic rings. The van der Waals surface area contributed by atoms with E-state index in [1.165, 1.54) is 6.20 Å². The maximum absolute atomic E-state index is 11.6. The van der Waals surface area contributed by atoms with Gasteiger partial charge < -0.3 is 10.6 Å². The molecule has 0 radical (unpaired) electrons. The van der Waals surface area contributed by atoms with E-state index in [0.29, 0.717) is 12.2 Å². The van der Waals surface area contributed by atoms with Crippen molar-refractivity contribution < 1.29 is 4.79 Å². The van der Waals surface area contributed by atoms with Crippen LogP contribution in [0.15, 0.2) is 6.20 Å². The molecule has 1 aromatic rings. The largest absolute Gasteiger partial charge is 0.336 e. The number of rotatable bonds is 1. The Balaban J connectivity index is 2.06. The Kier molecular flexibility index (Phi) is 2.24. The SMILES string of the molecule is NC1CCN(C(=O)c2cnsn2)C1. The van der Waals surface area contributed by atoms with Gasteiger partial charge in [-0.25, -0.2) is 0 Å². The van der Waals surface area contributed by atoms with Crippen molar-refractivity contribution >= 4 is 17.6 Å². The number of amides is 1. The van der Waals surface area contributed by atoms with Gasteiger partial charge in [0.2, 0.25) is 0 Å². The van der Waals surface area contributed by atoms with Crippen molar-refractivity contribution in [1.29, 1.82) is 0 Å². The molecule has 1 aliphatic heterocycles. The van der Waals surface area contributed by atoms with Crippen LogP contribution in [0.25, 0.3) is 0 Å². The van der Waals surface area contributed by atoms with Gasteiger partial charge in [-0.2, -0.15) is 8.75 Å². The highest BCUT2D eigenvalue weighted by molar-refractivity contribution is 6.99. The van der Waals surface area contributed by atoms with Gasteiger partial charge in [-0.3, -0.25) is 4.79 Å². The summed E-state index contributed by atoms with van der Waals surface area (Å²) in [4.78, 5) is 13.4. The first-order chi connectivity index (χ1) is 6.27. The van der Waals surface area contributed by atoms with Crippen LogP contribution < -0.4 is 5.73 Å². The molecule has 1 unspecified atom stereocenters. The molecule has 2 heterocycles. The average molecular weight is 198 g/mol. The van der Waals surface area contributed by atoms with Crippen LogP contribution in [0.1, 0.15) is 16.9 Å². The molecule has 1 saturated heterocycles. The number of carbonyl (C=O) groups is 1. The van der Waals surface area contributed by atoms with Crippen molar-refractivity contribution in [1.82, 2.24) is 13.6 Å². The fraction of sp³-hybridized carbons (Fsp3) is 0.571. The normalized spacial score (nSPS) is 22.2. The molecule has 70 valence electrons. The second-order valence-electron chi connectivity index (χ2n) is 3.09. The van der Waals surface area contributed by atoms with Gasteiger partial charge in [0.25, 0.3) is 5.91 Å². The summed E-state index contributed by atoms with van der Waals surface area (Å²) >= 11 is 1.05. The summed E-state index contributed by atoms with van der Waals surface area (Å²) < 4.78 is 7.67. The standard InChI is InChI=1S/C7H10N4OS/c8-5-1-2-11(4-5)7(12)6-3-9-13-10-6/h3,5H,1-2,4,8H2. The highest BCUT2D eigenvalue weighted by Crippen LogP contribution is 2.10. The van der Waals surface area contributed by atoms with E-state index in [-0.39, 0.29) is 11.9 Å². The Bertz CT molecular complexity index is 299. The molecule has 0 aliphatic carbocycles. The summed E-state index contributed by atoms with van der Waals surface area (Å²) in [6.45, 7) is 1.37. The Morgan fingerprint density at radius 3 is 3.15 bits per heavy atom. The number of hydrogen-bond acceptors (Lipinski definition) is 5. The van der Waals surface area contributed by atoms with Crippen LogP contribution in [0.3, 0.4) is 0 Å². The van der Waals surface area contributed by atoms with Gasteiger partial charge in [0.15, 0.2) is 5.69 Å². The van der Waals surface area contributed by atoms with E-state index in [2.05, 4.69) is 8.75 Å². The third-order valence-electron chi connectivity index (χ3n) is 2.09. The minimum absolute atomic E-state index is 0.0540. The van der Waals surface area contributed by atoms with Crippen LogP contribution in [-0.2, 0) is 0 Å². The van der Waals surface area contributed by atoms with Crippen LogP contribution >= 0.6 is 11.7 Å². The summed E-state index contributed by atoms with van der Waals surface area (Å²) in [6.07, 6.45) is 2.38. The maximum atomic E-state index is 11.6. The highest BCUT2D eigenvalue weighted by Gasteiger charge is 2.25. The van der Waals surface area contributed by atoms with E-state index in [0.717, 1.165) is 24.7 Å². The van der Waals surface area contributed by atoms with E-state index < -0.39 is 0 Å². The lowest BCUT2D eigenvalue weighted by Crippen LogP contribution is -2.31. The Hall–Kier alpha value is -1.01. The fourth-order valence-electron chi connectivity index (χ4n) is 1.39. The van der Waals surface area contributed by atoms with Crippen molar-refractivity contribution in [3.05, 3.63) is 11.9 Å². The molecule has 5 nitrogen and oxygen atoms in total. The zero-order valence-corrected chi connectivity index (χ0v) is 7.83. The van der Waals surface area contributed by atoms with Crippen LogP contribution in [-0.4, -0.2) is 38.7 Å². The lowest BCUT2D eigenvalue weighted by Gasteiger charge is -2.13. The number of likely N-dealkylation sites (tertiary alicyclic amines) is 1. The lowest BCUT2D eigenvalue weighted by molar-refractivity contribution is 0.0786. The first-order valence-electron chi connectivity index (χ1n) is 4.10. The molecule has 1 atom stereocenters. The van der Waals surface area contributed by atoms with Crippen molar-refractivity contribution in [2.45, 2.75) is 12.5 Å². The van der Waals surface area contributed by atoms with Gasteiger partial charge in [0.05, 0.1) is 17.9 Å². The van der Waals surface area contributed by atoms with Crippen molar-refractivity contribution in [2.24, 2.45) is 5.73 Å². The van der Waals surface area contributed by atoms with Crippen molar-refractivity contribution in [3.63, 3.8) is 0 Å². The molecule has 2 N–H and O–H groups in total. The number of nitrogens with zero attached hydrogens (tertiary/aromatic N) is 3. The van der Waals surface area contributed by atoms with Crippen LogP contribution in [0, 0.1) is 0 Å². The number of hydrogen-bond donors (Lipinski definition) is 1. The molecule has 2 rings (SSSR count). The molecule has 1 fully saturated rings. The predicted molar refractivity (Wildman–Crippen MR) is 48.4 cm³/mol. The Labute approximate surface area is 79.9 Å². The molecule has 1 amide bonds.